The van der Waals surface area contributed by atoms with E-state index in [0.717, 1.165) is 17.6 Å². The number of rotatable bonds is 3. The lowest BCUT2D eigenvalue weighted by Gasteiger charge is -2.16. The molecule has 0 aromatic rings. The predicted molar refractivity (Wildman–Crippen MR) is 47.1 cm³/mol. The van der Waals surface area contributed by atoms with Gasteiger partial charge in [0, 0.05) is 11.2 Å². The van der Waals surface area contributed by atoms with Crippen LogP contribution in [0.1, 0.15) is 27.2 Å². The molecule has 0 heterocycles. The molecule has 0 aromatic heterocycles. The van der Waals surface area contributed by atoms with E-state index in [4.69, 9.17) is 5.11 Å². The Bertz CT molecular complexity index is 146. The highest BCUT2D eigenvalue weighted by Crippen LogP contribution is 2.20. The highest BCUT2D eigenvalue weighted by molar-refractivity contribution is 7.99. The van der Waals surface area contributed by atoms with Gasteiger partial charge in [-0.25, -0.2) is 0 Å². The van der Waals surface area contributed by atoms with Crippen LogP contribution in [0.25, 0.3) is 0 Å². The van der Waals surface area contributed by atoms with E-state index in [0.29, 0.717) is 11.5 Å². The van der Waals surface area contributed by atoms with E-state index >= 15 is 0 Å². The van der Waals surface area contributed by atoms with Gasteiger partial charge in [-0.3, -0.25) is 0 Å². The third-order valence-corrected chi connectivity index (χ3v) is 2.16. The molecule has 0 fully saturated rings. The first kappa shape index (κ1) is 9.85. The number of aliphatic hydroxyl groups is 1. The topological polar surface area (TPSA) is 37.3 Å². The molecule has 0 aliphatic carbocycles. The van der Waals surface area contributed by atoms with Crippen LogP contribution in [0, 0.1) is 0 Å². The van der Waals surface area contributed by atoms with E-state index in [-0.39, 0.29) is 4.75 Å². The minimum absolute atomic E-state index is 0.111. The van der Waals surface area contributed by atoms with Crippen LogP contribution in [0.2, 0.25) is 0 Å². The molecule has 0 bridgehead atoms. The van der Waals surface area contributed by atoms with E-state index in [1.165, 1.54) is 0 Å². The molecule has 2 nitrogen and oxygen atoms in total. The zero-order chi connectivity index (χ0) is 8.20. The summed E-state index contributed by atoms with van der Waals surface area (Å²) in [6.45, 7) is 5.54. The molecule has 0 rings (SSSR count). The van der Waals surface area contributed by atoms with Crippen LogP contribution in [0.4, 0.5) is 0 Å². The Morgan fingerprint density at radius 2 is 2.20 bits per heavy atom. The molecule has 0 aromatic carbocycles. The van der Waals surface area contributed by atoms with Gasteiger partial charge in [0.05, 0.1) is 5.05 Å². The van der Waals surface area contributed by atoms with E-state index in [2.05, 4.69) is 0 Å². The molecule has 3 heteroatoms. The summed E-state index contributed by atoms with van der Waals surface area (Å²) in [6.07, 6.45) is 1.38. The highest BCUT2D eigenvalue weighted by Gasteiger charge is 2.12. The van der Waals surface area contributed by atoms with E-state index in [9.17, 15) is 4.79 Å². The molecule has 0 unspecified atom stereocenters. The van der Waals surface area contributed by atoms with Crippen LogP contribution in [-0.4, -0.2) is 21.2 Å². The second-order valence-electron chi connectivity index (χ2n) is 2.84. The van der Waals surface area contributed by atoms with Gasteiger partial charge in [0.15, 0.2) is 0 Å². The molecular formula is C7H14O2S. The molecule has 0 saturated heterocycles. The Balaban J connectivity index is 4.11. The van der Waals surface area contributed by atoms with Crippen LogP contribution in [0.5, 0.6) is 0 Å². The molecule has 0 spiro atoms. The van der Waals surface area contributed by atoms with Gasteiger partial charge in [-0.1, -0.05) is 13.8 Å². The maximum Gasteiger partial charge on any atom is 0.121 e. The van der Waals surface area contributed by atoms with E-state index in [1.807, 2.05) is 13.8 Å². The number of hydrogen-bond acceptors (Lipinski definition) is 1. The van der Waals surface area contributed by atoms with E-state index in [1.54, 1.807) is 6.92 Å². The van der Waals surface area contributed by atoms with Gasteiger partial charge in [-0.05, 0) is 6.92 Å². The Morgan fingerprint density at radius 3 is 2.50 bits per heavy atom. The Morgan fingerprint density at radius 1 is 1.70 bits per heavy atom. The molecule has 1 N–H and O–H groups in total. The summed E-state index contributed by atoms with van der Waals surface area (Å²) in [4.78, 5) is 10.1. The summed E-state index contributed by atoms with van der Waals surface area (Å²) in [5.74, 6) is 0. The molecular weight excluding hydrogens is 148 g/mol. The fraction of sp³-hybridized carbons (Fsp3) is 0.714. The van der Waals surface area contributed by atoms with Gasteiger partial charge in [0.2, 0.25) is 0 Å². The lowest BCUT2D eigenvalue weighted by atomic mass is 10.1. The van der Waals surface area contributed by atoms with Crippen molar-refractivity contribution in [3.8, 4) is 0 Å². The number of hydrogen-bond donors (Lipinski definition) is 2. The molecule has 0 radical (unpaired) electrons. The van der Waals surface area contributed by atoms with Gasteiger partial charge in [-0.15, -0.1) is 0 Å². The zero-order valence-corrected chi connectivity index (χ0v) is 7.48. The van der Waals surface area contributed by atoms with Crippen molar-refractivity contribution < 1.29 is 9.90 Å². The molecule has 0 aliphatic rings. The zero-order valence-electron chi connectivity index (χ0n) is 6.59. The standard InChI is InChI=1S/C7H14O2S/c1-6(9)10-7(2,3)4-5-8/h5,9-10H,4H2,1-3H3. The molecule has 0 saturated carbocycles. The van der Waals surface area contributed by atoms with Crippen LogP contribution in [0.15, 0.2) is 0 Å². The minimum Gasteiger partial charge on any atom is -0.360 e. The van der Waals surface area contributed by atoms with Crippen molar-refractivity contribution in [2.45, 2.75) is 31.9 Å². The number of thiol groups is 1. The summed E-state index contributed by atoms with van der Waals surface area (Å²) < 4.78 is -0.111. The fourth-order valence-electron chi connectivity index (χ4n) is 0.688. The summed E-state index contributed by atoms with van der Waals surface area (Å²) >= 11 is 0.843. The Hall–Kier alpha value is -0.150. The highest BCUT2D eigenvalue weighted by atomic mass is 32.1. The molecule has 0 amide bonds. The monoisotopic (exact) mass is 162 g/mol. The normalized spacial score (nSPS) is 14.2. The Labute approximate surface area is 65.2 Å². The molecule has 0 aliphatic heterocycles. The second kappa shape index (κ2) is 3.88. The number of aliphatic hydroxyl groups excluding tert-OH is 1. The van der Waals surface area contributed by atoms with Crippen molar-refractivity contribution in [1.29, 1.82) is 0 Å². The van der Waals surface area contributed by atoms with Crippen LogP contribution < -0.4 is 0 Å². The summed E-state index contributed by atoms with van der Waals surface area (Å²) in [5.41, 5.74) is 0. The summed E-state index contributed by atoms with van der Waals surface area (Å²) in [5, 5.41) is 9.27. The van der Waals surface area contributed by atoms with Crippen LogP contribution >= 0.6 is 11.4 Å². The smallest absolute Gasteiger partial charge is 0.121 e. The lowest BCUT2D eigenvalue weighted by molar-refractivity contribution is -0.108. The fourth-order valence-corrected chi connectivity index (χ4v) is 1.73. The van der Waals surface area contributed by atoms with Crippen molar-refractivity contribution in [2.75, 3.05) is 0 Å². The lowest BCUT2D eigenvalue weighted by Crippen LogP contribution is -2.14. The average Bonchev–Trinajstić information content (AvgIpc) is 1.59. The quantitative estimate of drug-likeness (QED) is 0.375. The van der Waals surface area contributed by atoms with Crippen molar-refractivity contribution in [3.63, 3.8) is 0 Å². The second-order valence-corrected chi connectivity index (χ2v) is 4.92. The first-order valence-electron chi connectivity index (χ1n) is 3.17. The van der Waals surface area contributed by atoms with Gasteiger partial charge in [0.25, 0.3) is 0 Å². The molecule has 60 valence electrons. The maximum atomic E-state index is 10.1. The SMILES string of the molecule is CC(O)=[SH]C(C)(C)CC=O. The van der Waals surface area contributed by atoms with Crippen LogP contribution in [-0.2, 0) is 4.79 Å². The molecule has 10 heavy (non-hydrogen) atoms. The number of carbonyl (C=O) groups is 1. The van der Waals surface area contributed by atoms with Gasteiger partial charge >= 0.3 is 0 Å². The summed E-state index contributed by atoms with van der Waals surface area (Å²) in [7, 11) is 0. The maximum absolute atomic E-state index is 10.1. The van der Waals surface area contributed by atoms with Crippen molar-refractivity contribution in [2.24, 2.45) is 0 Å². The predicted octanol–water partition coefficient (Wildman–Crippen LogP) is 1.53. The average molecular weight is 162 g/mol. The number of aldehydes is 1. The van der Waals surface area contributed by atoms with Crippen molar-refractivity contribution in [3.05, 3.63) is 0 Å². The number of carbonyl (C=O) groups excluding carboxylic acids is 1. The van der Waals surface area contributed by atoms with Gasteiger partial charge in [-0.2, -0.15) is 11.4 Å². The van der Waals surface area contributed by atoms with Gasteiger partial charge < -0.3 is 9.90 Å². The first-order chi connectivity index (χ1) is 4.48. The van der Waals surface area contributed by atoms with Crippen LogP contribution in [0.3, 0.4) is 0 Å². The third kappa shape index (κ3) is 4.70. The third-order valence-electron chi connectivity index (χ3n) is 1.05. The first-order valence-corrected chi connectivity index (χ1v) is 4.06. The van der Waals surface area contributed by atoms with Crippen molar-refractivity contribution in [1.82, 2.24) is 0 Å². The minimum atomic E-state index is -0.111. The molecule has 0 atom stereocenters. The Kier molecular flexibility index (Phi) is 3.83. The van der Waals surface area contributed by atoms with Crippen molar-refractivity contribution >= 4 is 22.7 Å². The van der Waals surface area contributed by atoms with Gasteiger partial charge in [0.1, 0.15) is 6.29 Å². The largest absolute Gasteiger partial charge is 0.360 e. The van der Waals surface area contributed by atoms with E-state index < -0.39 is 0 Å². The summed E-state index contributed by atoms with van der Waals surface area (Å²) in [6, 6.07) is 0.